The predicted molar refractivity (Wildman–Crippen MR) is 74.9 cm³/mol. The van der Waals surface area contributed by atoms with Gasteiger partial charge in [-0.3, -0.25) is 0 Å². The van der Waals surface area contributed by atoms with Crippen molar-refractivity contribution in [1.29, 1.82) is 0 Å². The van der Waals surface area contributed by atoms with E-state index >= 15 is 0 Å². The average molecular weight is 259 g/mol. The summed E-state index contributed by atoms with van der Waals surface area (Å²) in [7, 11) is 1.64. The van der Waals surface area contributed by atoms with Crippen LogP contribution in [-0.2, 0) is 0 Å². The van der Waals surface area contributed by atoms with Gasteiger partial charge < -0.3 is 10.5 Å². The number of rotatable bonds is 5. The molecule has 2 aromatic carbocycles. The molecule has 0 saturated carbocycles. The van der Waals surface area contributed by atoms with E-state index in [1.807, 2.05) is 30.3 Å². The summed E-state index contributed by atoms with van der Waals surface area (Å²) in [6.07, 6.45) is 0.787. The quantitative estimate of drug-likeness (QED) is 0.894. The molecule has 0 heterocycles. The summed E-state index contributed by atoms with van der Waals surface area (Å²) >= 11 is 0. The zero-order chi connectivity index (χ0) is 13.7. The van der Waals surface area contributed by atoms with E-state index < -0.39 is 0 Å². The van der Waals surface area contributed by atoms with Crippen molar-refractivity contribution in [3.05, 3.63) is 65.5 Å². The Kier molecular flexibility index (Phi) is 4.53. The summed E-state index contributed by atoms with van der Waals surface area (Å²) in [5.41, 5.74) is 7.76. The first kappa shape index (κ1) is 13.6. The van der Waals surface area contributed by atoms with Crippen LogP contribution in [0.15, 0.2) is 48.5 Å². The highest BCUT2D eigenvalue weighted by atomic mass is 19.1. The lowest BCUT2D eigenvalue weighted by Gasteiger charge is -2.17. The molecule has 0 aliphatic rings. The fraction of sp³-hybridized carbons (Fsp3) is 0.250. The van der Waals surface area contributed by atoms with Crippen molar-refractivity contribution in [2.75, 3.05) is 13.7 Å². The molecule has 19 heavy (non-hydrogen) atoms. The van der Waals surface area contributed by atoms with Crippen LogP contribution in [0.1, 0.15) is 23.5 Å². The zero-order valence-electron chi connectivity index (χ0n) is 11.0. The van der Waals surface area contributed by atoms with E-state index in [0.29, 0.717) is 6.54 Å². The fourth-order valence-corrected chi connectivity index (χ4v) is 2.25. The molecule has 0 amide bonds. The number of methoxy groups -OCH3 is 1. The lowest BCUT2D eigenvalue weighted by atomic mass is 9.88. The van der Waals surface area contributed by atoms with Crippen LogP contribution >= 0.6 is 0 Å². The molecule has 2 N–H and O–H groups in total. The third kappa shape index (κ3) is 3.32. The van der Waals surface area contributed by atoms with Crippen molar-refractivity contribution in [2.24, 2.45) is 5.73 Å². The average Bonchev–Trinajstić information content (AvgIpc) is 2.45. The molecule has 0 aliphatic heterocycles. The van der Waals surface area contributed by atoms with Crippen LogP contribution in [0, 0.1) is 5.82 Å². The standard InChI is InChI=1S/C16H18FNO/c1-19-15-7-5-12(6-8-15)16(9-10-18)13-3-2-4-14(17)11-13/h2-8,11,16H,9-10,18H2,1H3. The van der Waals surface area contributed by atoms with Gasteiger partial charge in [0, 0.05) is 5.92 Å². The smallest absolute Gasteiger partial charge is 0.123 e. The first-order valence-corrected chi connectivity index (χ1v) is 6.34. The van der Waals surface area contributed by atoms with Gasteiger partial charge in [-0.25, -0.2) is 4.39 Å². The van der Waals surface area contributed by atoms with E-state index in [4.69, 9.17) is 10.5 Å². The van der Waals surface area contributed by atoms with Crippen molar-refractivity contribution >= 4 is 0 Å². The highest BCUT2D eigenvalue weighted by Crippen LogP contribution is 2.29. The van der Waals surface area contributed by atoms with E-state index in [2.05, 4.69) is 0 Å². The monoisotopic (exact) mass is 259 g/mol. The van der Waals surface area contributed by atoms with Crippen molar-refractivity contribution < 1.29 is 9.13 Å². The fourth-order valence-electron chi connectivity index (χ4n) is 2.25. The molecule has 2 aromatic rings. The molecule has 1 atom stereocenters. The highest BCUT2D eigenvalue weighted by molar-refractivity contribution is 5.36. The normalized spacial score (nSPS) is 12.2. The summed E-state index contributed by atoms with van der Waals surface area (Å²) in [6.45, 7) is 0.563. The summed E-state index contributed by atoms with van der Waals surface area (Å²) in [6, 6.07) is 14.5. The molecule has 2 rings (SSSR count). The summed E-state index contributed by atoms with van der Waals surface area (Å²) in [4.78, 5) is 0. The van der Waals surface area contributed by atoms with Crippen LogP contribution in [0.3, 0.4) is 0 Å². The molecule has 1 unspecified atom stereocenters. The van der Waals surface area contributed by atoms with Gasteiger partial charge in [-0.05, 0) is 48.4 Å². The van der Waals surface area contributed by atoms with Crippen molar-refractivity contribution in [1.82, 2.24) is 0 Å². The number of halogens is 1. The molecule has 0 aromatic heterocycles. The lowest BCUT2D eigenvalue weighted by Crippen LogP contribution is -2.09. The Labute approximate surface area is 113 Å². The number of hydrogen-bond acceptors (Lipinski definition) is 2. The predicted octanol–water partition coefficient (Wildman–Crippen LogP) is 3.32. The maximum atomic E-state index is 13.4. The second-order valence-corrected chi connectivity index (χ2v) is 4.46. The Bertz CT molecular complexity index is 525. The van der Waals surface area contributed by atoms with Gasteiger partial charge in [0.2, 0.25) is 0 Å². The Morgan fingerprint density at radius 2 is 1.84 bits per heavy atom. The molecule has 2 nitrogen and oxygen atoms in total. The molecule has 100 valence electrons. The second kappa shape index (κ2) is 6.34. The van der Waals surface area contributed by atoms with Crippen LogP contribution in [0.4, 0.5) is 4.39 Å². The number of ether oxygens (including phenoxy) is 1. The molecule has 0 spiro atoms. The van der Waals surface area contributed by atoms with Gasteiger partial charge in [0.1, 0.15) is 11.6 Å². The summed E-state index contributed by atoms with van der Waals surface area (Å²) < 4.78 is 18.5. The second-order valence-electron chi connectivity index (χ2n) is 4.46. The van der Waals surface area contributed by atoms with Gasteiger partial charge in [-0.15, -0.1) is 0 Å². The minimum atomic E-state index is -0.215. The van der Waals surface area contributed by atoms with Gasteiger partial charge in [-0.1, -0.05) is 24.3 Å². The van der Waals surface area contributed by atoms with E-state index in [-0.39, 0.29) is 11.7 Å². The third-order valence-corrected chi connectivity index (χ3v) is 3.22. The van der Waals surface area contributed by atoms with Gasteiger partial charge in [0.25, 0.3) is 0 Å². The highest BCUT2D eigenvalue weighted by Gasteiger charge is 2.14. The van der Waals surface area contributed by atoms with Crippen LogP contribution in [0.2, 0.25) is 0 Å². The lowest BCUT2D eigenvalue weighted by molar-refractivity contribution is 0.414. The van der Waals surface area contributed by atoms with Crippen molar-refractivity contribution in [2.45, 2.75) is 12.3 Å². The molecule has 0 aliphatic carbocycles. The molecule has 0 radical (unpaired) electrons. The third-order valence-electron chi connectivity index (χ3n) is 3.22. The summed E-state index contributed by atoms with van der Waals surface area (Å²) in [5.74, 6) is 0.717. The van der Waals surface area contributed by atoms with E-state index in [9.17, 15) is 4.39 Å². The van der Waals surface area contributed by atoms with E-state index in [0.717, 1.165) is 23.3 Å². The SMILES string of the molecule is COc1ccc(C(CCN)c2cccc(F)c2)cc1. The Morgan fingerprint density at radius 1 is 1.11 bits per heavy atom. The molecule has 0 fully saturated rings. The number of benzene rings is 2. The van der Waals surface area contributed by atoms with Crippen LogP contribution < -0.4 is 10.5 Å². The van der Waals surface area contributed by atoms with Crippen molar-refractivity contribution in [3.8, 4) is 5.75 Å². The van der Waals surface area contributed by atoms with Gasteiger partial charge >= 0.3 is 0 Å². The minimum Gasteiger partial charge on any atom is -0.497 e. The Hall–Kier alpha value is -1.87. The molecular weight excluding hydrogens is 241 g/mol. The van der Waals surface area contributed by atoms with Crippen LogP contribution in [0.25, 0.3) is 0 Å². The molecule has 0 saturated heterocycles. The largest absolute Gasteiger partial charge is 0.497 e. The van der Waals surface area contributed by atoms with Crippen LogP contribution in [0.5, 0.6) is 5.75 Å². The number of nitrogens with two attached hydrogens (primary N) is 1. The van der Waals surface area contributed by atoms with Gasteiger partial charge in [-0.2, -0.15) is 0 Å². The van der Waals surface area contributed by atoms with E-state index in [1.54, 1.807) is 19.2 Å². The minimum absolute atomic E-state index is 0.117. The van der Waals surface area contributed by atoms with Gasteiger partial charge in [0.15, 0.2) is 0 Å². The Balaban J connectivity index is 2.33. The molecular formula is C16H18FNO. The first-order valence-electron chi connectivity index (χ1n) is 6.34. The molecule has 0 bridgehead atoms. The maximum Gasteiger partial charge on any atom is 0.123 e. The van der Waals surface area contributed by atoms with Crippen molar-refractivity contribution in [3.63, 3.8) is 0 Å². The van der Waals surface area contributed by atoms with Gasteiger partial charge in [0.05, 0.1) is 7.11 Å². The Morgan fingerprint density at radius 3 is 2.42 bits per heavy atom. The summed E-state index contributed by atoms with van der Waals surface area (Å²) in [5, 5.41) is 0. The topological polar surface area (TPSA) is 35.2 Å². The maximum absolute atomic E-state index is 13.4. The first-order chi connectivity index (χ1) is 9.24. The van der Waals surface area contributed by atoms with Crippen LogP contribution in [-0.4, -0.2) is 13.7 Å². The zero-order valence-corrected chi connectivity index (χ0v) is 11.0. The van der Waals surface area contributed by atoms with E-state index in [1.165, 1.54) is 6.07 Å². The molecule has 3 heteroatoms. The number of hydrogen-bond donors (Lipinski definition) is 1.